The number of benzene rings is 2. The van der Waals surface area contributed by atoms with Gasteiger partial charge in [-0.1, -0.05) is 0 Å². The number of nitrogens with zero attached hydrogens (tertiary/aromatic N) is 1. The fourth-order valence-corrected chi connectivity index (χ4v) is 2.16. The van der Waals surface area contributed by atoms with Crippen molar-refractivity contribution >= 4 is 16.9 Å². The lowest BCUT2D eigenvalue weighted by atomic mass is 10.1. The van der Waals surface area contributed by atoms with Gasteiger partial charge in [-0.3, -0.25) is 4.79 Å². The van der Waals surface area contributed by atoms with Crippen molar-refractivity contribution in [3.05, 3.63) is 58.4 Å². The van der Waals surface area contributed by atoms with Crippen molar-refractivity contribution in [3.63, 3.8) is 0 Å². The fraction of sp³-hybridized carbons (Fsp3) is 0.118. The third kappa shape index (κ3) is 2.78. The Kier molecular flexibility index (Phi) is 3.80. The van der Waals surface area contributed by atoms with E-state index in [9.17, 15) is 9.59 Å². The number of methoxy groups -OCH3 is 2. The van der Waals surface area contributed by atoms with Gasteiger partial charge in [-0.05, 0) is 36.4 Å². The minimum Gasteiger partial charge on any atom is -0.497 e. The highest BCUT2D eigenvalue weighted by Gasteiger charge is 2.11. The summed E-state index contributed by atoms with van der Waals surface area (Å²) in [7, 11) is 2.85. The molecule has 0 amide bonds. The van der Waals surface area contributed by atoms with Crippen LogP contribution < -0.4 is 10.3 Å². The van der Waals surface area contributed by atoms with Crippen LogP contribution in [0.15, 0.2) is 51.7 Å². The molecule has 6 nitrogen and oxygen atoms in total. The average Bonchev–Trinajstić information content (AvgIpc) is 2.60. The predicted octanol–water partition coefficient (Wildman–Crippen LogP) is 2.65. The highest BCUT2D eigenvalue weighted by Crippen LogP contribution is 2.23. The second-order valence-electron chi connectivity index (χ2n) is 4.76. The Bertz CT molecular complexity index is 928. The maximum atomic E-state index is 12.1. The fourth-order valence-electron chi connectivity index (χ4n) is 2.16. The van der Waals surface area contributed by atoms with E-state index in [1.807, 2.05) is 0 Å². The van der Waals surface area contributed by atoms with Crippen molar-refractivity contribution in [1.29, 1.82) is 0 Å². The van der Waals surface area contributed by atoms with E-state index in [0.29, 0.717) is 27.8 Å². The van der Waals surface area contributed by atoms with Crippen LogP contribution in [0.25, 0.3) is 22.4 Å². The molecule has 0 unspecified atom stereocenters. The van der Waals surface area contributed by atoms with Crippen LogP contribution in [0, 0.1) is 0 Å². The molecular formula is C17H13NO5. The standard InChI is InChI=1S/C17H13NO5/c1-21-12-7-8-13-14(9-12)23-16(18-15(13)19)10-3-5-11(6-4-10)17(20)22-2/h3-9H,1-2H3. The maximum absolute atomic E-state index is 12.1. The van der Waals surface area contributed by atoms with Gasteiger partial charge in [0.2, 0.25) is 5.89 Å². The predicted molar refractivity (Wildman–Crippen MR) is 83.6 cm³/mol. The maximum Gasteiger partial charge on any atom is 0.337 e. The number of ether oxygens (including phenoxy) is 2. The molecule has 0 fully saturated rings. The van der Waals surface area contributed by atoms with Gasteiger partial charge in [-0.15, -0.1) is 0 Å². The quantitative estimate of drug-likeness (QED) is 0.692. The van der Waals surface area contributed by atoms with Crippen LogP contribution in [0.3, 0.4) is 0 Å². The van der Waals surface area contributed by atoms with Crippen molar-refractivity contribution in [2.75, 3.05) is 14.2 Å². The largest absolute Gasteiger partial charge is 0.497 e. The van der Waals surface area contributed by atoms with Crippen molar-refractivity contribution < 1.29 is 18.7 Å². The Morgan fingerprint density at radius 1 is 1.09 bits per heavy atom. The second kappa shape index (κ2) is 5.92. The molecule has 23 heavy (non-hydrogen) atoms. The molecule has 0 bridgehead atoms. The van der Waals surface area contributed by atoms with E-state index in [2.05, 4.69) is 9.72 Å². The number of rotatable bonds is 3. The lowest BCUT2D eigenvalue weighted by Gasteiger charge is -2.05. The summed E-state index contributed by atoms with van der Waals surface area (Å²) in [6.45, 7) is 0. The Balaban J connectivity index is 2.09. The molecule has 0 N–H and O–H groups in total. The van der Waals surface area contributed by atoms with Crippen LogP contribution in [-0.2, 0) is 4.74 Å². The van der Waals surface area contributed by atoms with E-state index >= 15 is 0 Å². The van der Waals surface area contributed by atoms with E-state index in [1.165, 1.54) is 14.2 Å². The van der Waals surface area contributed by atoms with E-state index in [-0.39, 0.29) is 11.4 Å². The summed E-state index contributed by atoms with van der Waals surface area (Å²) in [5, 5.41) is 0.376. The molecule has 3 aromatic rings. The summed E-state index contributed by atoms with van der Waals surface area (Å²) in [5.41, 5.74) is 0.984. The normalized spacial score (nSPS) is 10.5. The van der Waals surface area contributed by atoms with Gasteiger partial charge < -0.3 is 13.9 Å². The molecule has 0 aliphatic rings. The molecule has 3 rings (SSSR count). The highest BCUT2D eigenvalue weighted by atomic mass is 16.5. The summed E-state index contributed by atoms with van der Waals surface area (Å²) in [4.78, 5) is 27.5. The number of esters is 1. The number of hydrogen-bond donors (Lipinski definition) is 0. The minimum atomic E-state index is -0.436. The van der Waals surface area contributed by atoms with Gasteiger partial charge in [-0.25, -0.2) is 4.79 Å². The first-order valence-electron chi connectivity index (χ1n) is 6.80. The Morgan fingerprint density at radius 2 is 1.83 bits per heavy atom. The number of aromatic nitrogens is 1. The van der Waals surface area contributed by atoms with Crippen molar-refractivity contribution in [2.24, 2.45) is 0 Å². The first kappa shape index (κ1) is 14.8. The zero-order valence-corrected chi connectivity index (χ0v) is 12.5. The third-order valence-electron chi connectivity index (χ3n) is 3.38. The van der Waals surface area contributed by atoms with E-state index in [0.717, 1.165) is 0 Å². The first-order valence-corrected chi connectivity index (χ1v) is 6.80. The van der Waals surface area contributed by atoms with Crippen LogP contribution in [0.2, 0.25) is 0 Å². The molecule has 0 spiro atoms. The molecule has 2 aromatic carbocycles. The minimum absolute atomic E-state index is 0.173. The van der Waals surface area contributed by atoms with Gasteiger partial charge in [0.15, 0.2) is 0 Å². The van der Waals surface area contributed by atoms with Gasteiger partial charge in [0, 0.05) is 11.6 Å². The summed E-state index contributed by atoms with van der Waals surface area (Å²) in [6, 6.07) is 11.4. The molecular weight excluding hydrogens is 298 g/mol. The number of hydrogen-bond acceptors (Lipinski definition) is 6. The second-order valence-corrected chi connectivity index (χ2v) is 4.76. The molecule has 0 aliphatic heterocycles. The smallest absolute Gasteiger partial charge is 0.337 e. The topological polar surface area (TPSA) is 78.6 Å². The molecule has 0 saturated carbocycles. The molecule has 1 heterocycles. The van der Waals surface area contributed by atoms with Crippen molar-refractivity contribution in [2.45, 2.75) is 0 Å². The van der Waals surface area contributed by atoms with Gasteiger partial charge in [0.25, 0.3) is 5.56 Å². The zero-order chi connectivity index (χ0) is 16.4. The van der Waals surface area contributed by atoms with Crippen LogP contribution in [0.5, 0.6) is 5.75 Å². The zero-order valence-electron chi connectivity index (χ0n) is 12.5. The Labute approximate surface area is 131 Å². The van der Waals surface area contributed by atoms with Crippen LogP contribution in [-0.4, -0.2) is 25.2 Å². The molecule has 6 heteroatoms. The van der Waals surface area contributed by atoms with Crippen molar-refractivity contribution in [1.82, 2.24) is 4.98 Å². The molecule has 0 atom stereocenters. The van der Waals surface area contributed by atoms with Crippen LogP contribution in [0.4, 0.5) is 0 Å². The summed E-state index contributed by atoms with van der Waals surface area (Å²) < 4.78 is 15.5. The number of carbonyl (C=O) groups excluding carboxylic acids is 1. The van der Waals surface area contributed by atoms with Gasteiger partial charge in [0.05, 0.1) is 25.2 Å². The Hall–Kier alpha value is -3.15. The monoisotopic (exact) mass is 311 g/mol. The molecule has 0 aliphatic carbocycles. The van der Waals surface area contributed by atoms with Crippen LogP contribution >= 0.6 is 0 Å². The van der Waals surface area contributed by atoms with E-state index in [1.54, 1.807) is 42.5 Å². The van der Waals surface area contributed by atoms with Gasteiger partial charge in [0.1, 0.15) is 11.3 Å². The van der Waals surface area contributed by atoms with Crippen LogP contribution in [0.1, 0.15) is 10.4 Å². The lowest BCUT2D eigenvalue weighted by Crippen LogP contribution is -2.07. The first-order chi connectivity index (χ1) is 11.1. The summed E-state index contributed by atoms with van der Waals surface area (Å²) >= 11 is 0. The Morgan fingerprint density at radius 3 is 2.48 bits per heavy atom. The summed E-state index contributed by atoms with van der Waals surface area (Å²) in [6.07, 6.45) is 0. The molecule has 116 valence electrons. The average molecular weight is 311 g/mol. The SMILES string of the molecule is COC(=O)c1ccc(-c2nc(=O)c3ccc(OC)cc3o2)cc1. The lowest BCUT2D eigenvalue weighted by molar-refractivity contribution is 0.0600. The number of carbonyl (C=O) groups is 1. The van der Waals surface area contributed by atoms with Gasteiger partial charge >= 0.3 is 5.97 Å². The van der Waals surface area contributed by atoms with Crippen molar-refractivity contribution in [3.8, 4) is 17.2 Å². The molecule has 1 aromatic heterocycles. The van der Waals surface area contributed by atoms with Gasteiger partial charge in [-0.2, -0.15) is 4.98 Å². The summed E-state index contributed by atoms with van der Waals surface area (Å²) in [5.74, 6) is 0.320. The number of fused-ring (bicyclic) bond motifs is 1. The van der Waals surface area contributed by atoms with E-state index in [4.69, 9.17) is 9.15 Å². The highest BCUT2D eigenvalue weighted by molar-refractivity contribution is 5.89. The van der Waals surface area contributed by atoms with E-state index < -0.39 is 5.97 Å². The third-order valence-corrected chi connectivity index (χ3v) is 3.38. The molecule has 0 saturated heterocycles. The molecule has 0 radical (unpaired) electrons.